The lowest BCUT2D eigenvalue weighted by Gasteiger charge is -2.39. The zero-order chi connectivity index (χ0) is 12.1. The fourth-order valence-electron chi connectivity index (χ4n) is 2.52. The van der Waals surface area contributed by atoms with Gasteiger partial charge in [-0.25, -0.2) is 0 Å². The molecule has 0 amide bonds. The van der Waals surface area contributed by atoms with Gasteiger partial charge < -0.3 is 9.47 Å². The summed E-state index contributed by atoms with van der Waals surface area (Å²) in [4.78, 5) is 2.35. The summed E-state index contributed by atoms with van der Waals surface area (Å²) in [7, 11) is 3.53. The topological polar surface area (TPSA) is 21.7 Å². The number of nitrogens with zero attached hydrogens (tertiary/aromatic N) is 1. The molecular weight excluding hydrogens is 214 g/mol. The monoisotopic (exact) mass is 235 g/mol. The van der Waals surface area contributed by atoms with E-state index in [2.05, 4.69) is 29.2 Å². The zero-order valence-electron chi connectivity index (χ0n) is 10.6. The summed E-state index contributed by atoms with van der Waals surface area (Å²) in [6.45, 7) is 2.01. The molecule has 0 bridgehead atoms. The number of piperidine rings is 1. The molecule has 17 heavy (non-hydrogen) atoms. The van der Waals surface area contributed by atoms with Crippen LogP contribution in [0.1, 0.15) is 18.4 Å². The Morgan fingerprint density at radius 1 is 1.18 bits per heavy atom. The molecule has 0 saturated carbocycles. The molecule has 1 aliphatic rings. The van der Waals surface area contributed by atoms with Crippen LogP contribution >= 0.6 is 0 Å². The van der Waals surface area contributed by atoms with E-state index in [0.29, 0.717) is 0 Å². The number of rotatable bonds is 4. The van der Waals surface area contributed by atoms with Crippen LogP contribution in [0.4, 0.5) is 0 Å². The van der Waals surface area contributed by atoms with Gasteiger partial charge in [-0.05, 0) is 18.4 Å². The minimum atomic E-state index is 0.0777. The van der Waals surface area contributed by atoms with Crippen molar-refractivity contribution in [3.8, 4) is 0 Å². The summed E-state index contributed by atoms with van der Waals surface area (Å²) in [5.74, 6) is 0. The lowest BCUT2D eigenvalue weighted by Crippen LogP contribution is -2.49. The largest absolute Gasteiger partial charge is 0.377 e. The molecule has 2 unspecified atom stereocenters. The third-order valence-electron chi connectivity index (χ3n) is 3.38. The first-order valence-corrected chi connectivity index (χ1v) is 6.18. The van der Waals surface area contributed by atoms with Gasteiger partial charge >= 0.3 is 0 Å². The van der Waals surface area contributed by atoms with Crippen molar-refractivity contribution in [2.75, 3.05) is 20.8 Å². The highest BCUT2D eigenvalue weighted by molar-refractivity contribution is 5.14. The maximum atomic E-state index is 5.58. The molecule has 0 aromatic heterocycles. The van der Waals surface area contributed by atoms with Gasteiger partial charge in [0, 0.05) is 27.3 Å². The summed E-state index contributed by atoms with van der Waals surface area (Å²) in [5, 5.41) is 0. The Balaban J connectivity index is 2.03. The second-order valence-electron chi connectivity index (χ2n) is 4.50. The van der Waals surface area contributed by atoms with Crippen molar-refractivity contribution in [3.63, 3.8) is 0 Å². The van der Waals surface area contributed by atoms with Crippen LogP contribution in [0, 0.1) is 0 Å². The summed E-state index contributed by atoms with van der Waals surface area (Å²) >= 11 is 0. The molecule has 0 aliphatic carbocycles. The van der Waals surface area contributed by atoms with E-state index in [4.69, 9.17) is 9.47 Å². The van der Waals surface area contributed by atoms with Crippen LogP contribution in [0.2, 0.25) is 0 Å². The summed E-state index contributed by atoms with van der Waals surface area (Å²) in [6.07, 6.45) is 2.53. The highest BCUT2D eigenvalue weighted by Crippen LogP contribution is 2.22. The molecule has 3 nitrogen and oxygen atoms in total. The minimum absolute atomic E-state index is 0.0777. The second kappa shape index (κ2) is 6.15. The Bertz CT molecular complexity index is 328. The average molecular weight is 235 g/mol. The molecule has 1 aromatic carbocycles. The van der Waals surface area contributed by atoms with Crippen LogP contribution in [0.5, 0.6) is 0 Å². The summed E-state index contributed by atoms with van der Waals surface area (Å²) in [5.41, 5.74) is 1.33. The molecular formula is C14H21NO2. The van der Waals surface area contributed by atoms with E-state index in [9.17, 15) is 0 Å². The first kappa shape index (κ1) is 12.6. The lowest BCUT2D eigenvalue weighted by molar-refractivity contribution is -0.143. The van der Waals surface area contributed by atoms with Crippen molar-refractivity contribution in [2.45, 2.75) is 31.7 Å². The highest BCUT2D eigenvalue weighted by Gasteiger charge is 2.31. The molecule has 94 valence electrons. The van der Waals surface area contributed by atoms with Gasteiger partial charge in [0.1, 0.15) is 6.23 Å². The first-order chi connectivity index (χ1) is 8.35. The van der Waals surface area contributed by atoms with E-state index in [1.54, 1.807) is 14.2 Å². The van der Waals surface area contributed by atoms with E-state index in [1.807, 2.05) is 6.07 Å². The molecule has 0 N–H and O–H groups in total. The quantitative estimate of drug-likeness (QED) is 0.799. The number of likely N-dealkylation sites (tertiary alicyclic amines) is 1. The Morgan fingerprint density at radius 2 is 1.94 bits per heavy atom. The zero-order valence-corrected chi connectivity index (χ0v) is 10.6. The van der Waals surface area contributed by atoms with Crippen LogP contribution in [0.25, 0.3) is 0 Å². The summed E-state index contributed by atoms with van der Waals surface area (Å²) < 4.78 is 11.1. The predicted molar refractivity (Wildman–Crippen MR) is 67.7 cm³/mol. The Hall–Kier alpha value is -0.900. The third kappa shape index (κ3) is 3.06. The van der Waals surface area contributed by atoms with E-state index in [1.165, 1.54) is 12.0 Å². The van der Waals surface area contributed by atoms with Crippen molar-refractivity contribution >= 4 is 0 Å². The molecule has 0 radical (unpaired) electrons. The molecule has 2 atom stereocenters. The van der Waals surface area contributed by atoms with Crippen LogP contribution in [-0.4, -0.2) is 38.0 Å². The van der Waals surface area contributed by atoms with Crippen molar-refractivity contribution in [1.29, 1.82) is 0 Å². The van der Waals surface area contributed by atoms with Gasteiger partial charge in [-0.2, -0.15) is 0 Å². The summed E-state index contributed by atoms with van der Waals surface area (Å²) in [6, 6.07) is 10.5. The molecule has 1 fully saturated rings. The molecule has 1 aliphatic heterocycles. The Labute approximate surface area is 103 Å². The van der Waals surface area contributed by atoms with Crippen molar-refractivity contribution < 1.29 is 9.47 Å². The number of hydrogen-bond donors (Lipinski definition) is 0. The fraction of sp³-hybridized carbons (Fsp3) is 0.571. The van der Waals surface area contributed by atoms with Gasteiger partial charge in [0.25, 0.3) is 0 Å². The maximum absolute atomic E-state index is 5.58. The van der Waals surface area contributed by atoms with Gasteiger partial charge in [-0.3, -0.25) is 4.90 Å². The first-order valence-electron chi connectivity index (χ1n) is 6.18. The van der Waals surface area contributed by atoms with Crippen LogP contribution in [0.3, 0.4) is 0 Å². The SMILES string of the molecule is COC1CCCN(Cc2ccccc2)C1OC. The van der Waals surface area contributed by atoms with Gasteiger partial charge in [0.05, 0.1) is 6.10 Å². The van der Waals surface area contributed by atoms with Gasteiger partial charge in [0.15, 0.2) is 0 Å². The van der Waals surface area contributed by atoms with E-state index < -0.39 is 0 Å². The standard InChI is InChI=1S/C14H21NO2/c1-16-13-9-6-10-15(14(13)17-2)11-12-7-4-3-5-8-12/h3-5,7-8,13-14H,6,9-11H2,1-2H3. The van der Waals surface area contributed by atoms with E-state index in [0.717, 1.165) is 19.5 Å². The molecule has 2 rings (SSSR count). The fourth-order valence-corrected chi connectivity index (χ4v) is 2.52. The predicted octanol–water partition coefficient (Wildman–Crippen LogP) is 2.27. The van der Waals surface area contributed by atoms with E-state index >= 15 is 0 Å². The Morgan fingerprint density at radius 3 is 2.59 bits per heavy atom. The minimum Gasteiger partial charge on any atom is -0.377 e. The number of methoxy groups -OCH3 is 2. The molecule has 0 spiro atoms. The molecule has 1 saturated heterocycles. The van der Waals surface area contributed by atoms with Gasteiger partial charge in [0.2, 0.25) is 0 Å². The van der Waals surface area contributed by atoms with Crippen LogP contribution < -0.4 is 0 Å². The molecule has 1 aromatic rings. The third-order valence-corrected chi connectivity index (χ3v) is 3.38. The van der Waals surface area contributed by atoms with Crippen LogP contribution in [0.15, 0.2) is 30.3 Å². The van der Waals surface area contributed by atoms with Gasteiger partial charge in [-0.15, -0.1) is 0 Å². The molecule has 1 heterocycles. The Kier molecular flexibility index (Phi) is 4.54. The second-order valence-corrected chi connectivity index (χ2v) is 4.50. The molecule has 3 heteroatoms. The number of ether oxygens (including phenoxy) is 2. The lowest BCUT2D eigenvalue weighted by atomic mass is 10.0. The van der Waals surface area contributed by atoms with Crippen molar-refractivity contribution in [3.05, 3.63) is 35.9 Å². The van der Waals surface area contributed by atoms with Gasteiger partial charge in [-0.1, -0.05) is 30.3 Å². The normalized spacial score (nSPS) is 26.0. The number of benzene rings is 1. The highest BCUT2D eigenvalue weighted by atomic mass is 16.5. The maximum Gasteiger partial charge on any atom is 0.136 e. The van der Waals surface area contributed by atoms with Crippen molar-refractivity contribution in [2.24, 2.45) is 0 Å². The average Bonchev–Trinajstić information content (AvgIpc) is 2.39. The van der Waals surface area contributed by atoms with E-state index in [-0.39, 0.29) is 12.3 Å². The van der Waals surface area contributed by atoms with Crippen LogP contribution in [-0.2, 0) is 16.0 Å². The number of hydrogen-bond acceptors (Lipinski definition) is 3. The van der Waals surface area contributed by atoms with Crippen molar-refractivity contribution in [1.82, 2.24) is 4.90 Å². The smallest absolute Gasteiger partial charge is 0.136 e.